The van der Waals surface area contributed by atoms with E-state index in [9.17, 15) is 5.11 Å². The maximum Gasteiger partial charge on any atom is 0.131 e. The number of nitrogens with one attached hydrogen (secondary N) is 2. The highest BCUT2D eigenvalue weighted by molar-refractivity contribution is 5.48. The van der Waals surface area contributed by atoms with Crippen molar-refractivity contribution in [1.29, 1.82) is 0 Å². The lowest BCUT2D eigenvalue weighted by Gasteiger charge is -2.46. The number of nitrogens with zero attached hydrogens (tertiary/aromatic N) is 1. The molecule has 2 fully saturated rings. The Morgan fingerprint density at radius 2 is 2.04 bits per heavy atom. The summed E-state index contributed by atoms with van der Waals surface area (Å²) in [6.07, 6.45) is 16.9. The molecule has 0 aromatic heterocycles. The molecule has 4 nitrogen and oxygen atoms in total. The molecule has 1 saturated carbocycles. The lowest BCUT2D eigenvalue weighted by Crippen LogP contribution is -2.52. The molecule has 4 aliphatic rings. The number of dihydropyridines is 1. The first kappa shape index (κ1) is 17.2. The van der Waals surface area contributed by atoms with E-state index in [1.54, 1.807) is 0 Å². The van der Waals surface area contributed by atoms with Crippen LogP contribution in [0.3, 0.4) is 0 Å². The van der Waals surface area contributed by atoms with Crippen LogP contribution in [-0.2, 0) is 0 Å². The number of aliphatic hydroxyl groups is 1. The monoisotopic (exact) mass is 343 g/mol. The molecule has 0 aromatic rings. The van der Waals surface area contributed by atoms with Gasteiger partial charge >= 0.3 is 0 Å². The van der Waals surface area contributed by atoms with E-state index in [1.165, 1.54) is 49.7 Å². The van der Waals surface area contributed by atoms with E-state index in [4.69, 9.17) is 0 Å². The van der Waals surface area contributed by atoms with Gasteiger partial charge in [-0.2, -0.15) is 0 Å². The minimum Gasteiger partial charge on any atom is -0.378 e. The summed E-state index contributed by atoms with van der Waals surface area (Å²) in [5.74, 6) is 1.16. The van der Waals surface area contributed by atoms with E-state index >= 15 is 0 Å². The van der Waals surface area contributed by atoms with Crippen molar-refractivity contribution in [3.05, 3.63) is 35.7 Å². The van der Waals surface area contributed by atoms with Crippen molar-refractivity contribution in [2.75, 3.05) is 6.54 Å². The fraction of sp³-hybridized carbons (Fsp3) is 0.714. The number of likely N-dealkylation sites (tertiary alicyclic amines) is 1. The topological polar surface area (TPSA) is 47.5 Å². The molecule has 1 saturated heterocycles. The number of hydrogen-bond acceptors (Lipinski definition) is 4. The van der Waals surface area contributed by atoms with E-state index in [1.807, 2.05) is 6.20 Å². The third-order valence-corrected chi connectivity index (χ3v) is 6.86. The second-order valence-electron chi connectivity index (χ2n) is 8.56. The minimum atomic E-state index is -0.318. The van der Waals surface area contributed by atoms with Gasteiger partial charge in [-0.15, -0.1) is 0 Å². The molecule has 138 valence electrons. The first-order valence-electron chi connectivity index (χ1n) is 10.2. The first-order chi connectivity index (χ1) is 12.1. The second-order valence-corrected chi connectivity index (χ2v) is 8.56. The van der Waals surface area contributed by atoms with E-state index in [0.717, 1.165) is 18.9 Å². The van der Waals surface area contributed by atoms with E-state index < -0.39 is 0 Å². The van der Waals surface area contributed by atoms with Crippen molar-refractivity contribution in [1.82, 2.24) is 15.5 Å². The highest BCUT2D eigenvalue weighted by atomic mass is 16.3. The maximum atomic E-state index is 11.0. The quantitative estimate of drug-likeness (QED) is 0.733. The van der Waals surface area contributed by atoms with Crippen LogP contribution in [0, 0.1) is 11.8 Å². The van der Waals surface area contributed by atoms with Crippen LogP contribution >= 0.6 is 0 Å². The Hall–Kier alpha value is -1.26. The van der Waals surface area contributed by atoms with Crippen LogP contribution in [0.4, 0.5) is 0 Å². The van der Waals surface area contributed by atoms with Gasteiger partial charge in [0.05, 0.1) is 0 Å². The highest BCUT2D eigenvalue weighted by Crippen LogP contribution is 2.39. The molecule has 4 rings (SSSR count). The zero-order chi connectivity index (χ0) is 17.4. The summed E-state index contributed by atoms with van der Waals surface area (Å²) in [4.78, 5) is 2.43. The molecule has 0 aromatic carbocycles. The first-order valence-corrected chi connectivity index (χ1v) is 10.2. The van der Waals surface area contributed by atoms with Gasteiger partial charge in [-0.25, -0.2) is 0 Å². The molecular formula is C21H33N3O. The van der Waals surface area contributed by atoms with E-state index in [2.05, 4.69) is 47.7 Å². The number of fused-ring (bicyclic) bond motifs is 2. The number of hydrogen-bond donors (Lipinski definition) is 3. The molecule has 0 amide bonds. The largest absolute Gasteiger partial charge is 0.378 e. The third-order valence-electron chi connectivity index (χ3n) is 6.86. The summed E-state index contributed by atoms with van der Waals surface area (Å²) in [6.45, 7) is 5.49. The highest BCUT2D eigenvalue weighted by Gasteiger charge is 2.39. The number of allylic oxidation sites excluding steroid dienone is 2. The van der Waals surface area contributed by atoms with Gasteiger partial charge < -0.3 is 15.7 Å². The molecule has 3 N–H and O–H groups in total. The van der Waals surface area contributed by atoms with Crippen molar-refractivity contribution in [3.8, 4) is 0 Å². The number of rotatable bonds is 4. The van der Waals surface area contributed by atoms with Crippen LogP contribution in [0.2, 0.25) is 0 Å². The Balaban J connectivity index is 1.43. The van der Waals surface area contributed by atoms with Gasteiger partial charge in [-0.05, 0) is 68.7 Å². The fourth-order valence-corrected chi connectivity index (χ4v) is 5.43. The smallest absolute Gasteiger partial charge is 0.131 e. The van der Waals surface area contributed by atoms with Crippen molar-refractivity contribution >= 4 is 0 Å². The van der Waals surface area contributed by atoms with Crippen LogP contribution < -0.4 is 10.6 Å². The Labute approximate surface area is 152 Å². The normalized spacial score (nSPS) is 37.1. The van der Waals surface area contributed by atoms with Crippen molar-refractivity contribution < 1.29 is 5.11 Å². The third kappa shape index (κ3) is 3.15. The van der Waals surface area contributed by atoms with Gasteiger partial charge in [0, 0.05) is 24.4 Å². The molecule has 0 spiro atoms. The lowest BCUT2D eigenvalue weighted by atomic mass is 9.78. The minimum absolute atomic E-state index is 0.192. The maximum absolute atomic E-state index is 11.0. The lowest BCUT2D eigenvalue weighted by molar-refractivity contribution is -0.0780. The van der Waals surface area contributed by atoms with Crippen LogP contribution in [0.25, 0.3) is 0 Å². The van der Waals surface area contributed by atoms with Crippen LogP contribution in [0.15, 0.2) is 35.7 Å². The van der Waals surface area contributed by atoms with Gasteiger partial charge in [0.15, 0.2) is 0 Å². The summed E-state index contributed by atoms with van der Waals surface area (Å²) in [5, 5.41) is 17.9. The van der Waals surface area contributed by atoms with E-state index in [0.29, 0.717) is 12.0 Å². The Bertz CT molecular complexity index is 594. The number of piperidine rings is 1. The Morgan fingerprint density at radius 1 is 1.24 bits per heavy atom. The Morgan fingerprint density at radius 3 is 2.92 bits per heavy atom. The summed E-state index contributed by atoms with van der Waals surface area (Å²) < 4.78 is 0. The summed E-state index contributed by atoms with van der Waals surface area (Å²) in [7, 11) is 0. The zero-order valence-electron chi connectivity index (χ0n) is 15.7. The SMILES string of the molecule is CC(CC(O)N1CCCC2CCCCC21)C1=CNC2(C)NC=CC=C12. The molecule has 5 atom stereocenters. The summed E-state index contributed by atoms with van der Waals surface area (Å²) in [5.41, 5.74) is 2.45. The van der Waals surface area contributed by atoms with Gasteiger partial charge in [0.25, 0.3) is 0 Å². The summed E-state index contributed by atoms with van der Waals surface area (Å²) >= 11 is 0. The van der Waals surface area contributed by atoms with Crippen molar-refractivity contribution in [2.24, 2.45) is 11.8 Å². The second kappa shape index (κ2) is 6.81. The summed E-state index contributed by atoms with van der Waals surface area (Å²) in [6, 6.07) is 0.615. The molecule has 4 heteroatoms. The van der Waals surface area contributed by atoms with Crippen LogP contribution in [0.5, 0.6) is 0 Å². The van der Waals surface area contributed by atoms with Crippen molar-refractivity contribution in [2.45, 2.75) is 76.7 Å². The van der Waals surface area contributed by atoms with Gasteiger partial charge in [-0.3, -0.25) is 4.90 Å². The van der Waals surface area contributed by atoms with Crippen molar-refractivity contribution in [3.63, 3.8) is 0 Å². The van der Waals surface area contributed by atoms with E-state index in [-0.39, 0.29) is 11.9 Å². The van der Waals surface area contributed by atoms with Crippen LogP contribution in [0.1, 0.15) is 58.8 Å². The molecule has 0 bridgehead atoms. The fourth-order valence-electron chi connectivity index (χ4n) is 5.43. The molecule has 3 heterocycles. The number of aliphatic hydroxyl groups excluding tert-OH is 1. The van der Waals surface area contributed by atoms with Gasteiger partial charge in [0.1, 0.15) is 11.9 Å². The molecule has 3 aliphatic heterocycles. The predicted octanol–water partition coefficient (Wildman–Crippen LogP) is 3.23. The predicted molar refractivity (Wildman–Crippen MR) is 101 cm³/mol. The van der Waals surface area contributed by atoms with Gasteiger partial charge in [0.2, 0.25) is 0 Å². The molecule has 25 heavy (non-hydrogen) atoms. The van der Waals surface area contributed by atoms with Gasteiger partial charge in [-0.1, -0.05) is 25.8 Å². The molecule has 0 radical (unpaired) electrons. The molecule has 5 unspecified atom stereocenters. The van der Waals surface area contributed by atoms with Crippen LogP contribution in [-0.4, -0.2) is 34.5 Å². The Kier molecular flexibility index (Phi) is 4.67. The average molecular weight is 344 g/mol. The average Bonchev–Trinajstić information content (AvgIpc) is 2.98. The molecule has 1 aliphatic carbocycles. The molecular weight excluding hydrogens is 310 g/mol. The zero-order valence-corrected chi connectivity index (χ0v) is 15.7. The standard InChI is InChI=1S/C21H33N3O/c1-15(17-14-23-21(2)18(17)9-5-11-22-21)13-20(25)24-12-6-8-16-7-3-4-10-19(16)24/h5,9,11,14-16,19-20,22-23,25H,3-4,6-8,10,12-13H2,1-2H3.